The Morgan fingerprint density at radius 1 is 0.257 bits per heavy atom. The van der Waals surface area contributed by atoms with Crippen molar-refractivity contribution in [2.75, 3.05) is 52.4 Å². The zero-order chi connectivity index (χ0) is 26.0. The fraction of sp³-hybridized carbons (Fsp3) is 1.00. The van der Waals surface area contributed by atoms with Gasteiger partial charge in [0.2, 0.25) is 0 Å². The molecule has 3 heteroatoms. The van der Waals surface area contributed by atoms with Crippen LogP contribution in [0, 0.1) is 0 Å². The van der Waals surface area contributed by atoms with Crippen LogP contribution in [-0.2, 0) is 0 Å². The summed E-state index contributed by atoms with van der Waals surface area (Å²) in [5.74, 6) is 0. The molecule has 0 atom stereocenters. The molecule has 2 nitrogen and oxygen atoms in total. The minimum absolute atomic E-state index is 0. The molecule has 0 aliphatic rings. The van der Waals surface area contributed by atoms with Crippen molar-refractivity contribution in [1.82, 2.24) is 0 Å². The summed E-state index contributed by atoms with van der Waals surface area (Å²) < 4.78 is 2.84. The summed E-state index contributed by atoms with van der Waals surface area (Å²) >= 11 is 0. The van der Waals surface area contributed by atoms with Gasteiger partial charge >= 0.3 is 0 Å². The second kappa shape index (κ2) is 28.7. The summed E-state index contributed by atoms with van der Waals surface area (Å²) in [6, 6.07) is 0. The summed E-state index contributed by atoms with van der Waals surface area (Å²) in [5, 5.41) is 0. The predicted molar refractivity (Wildman–Crippen MR) is 170 cm³/mol. The molecule has 0 spiro atoms. The third kappa shape index (κ3) is 21.9. The maximum absolute atomic E-state index is 2.33. The summed E-state index contributed by atoms with van der Waals surface area (Å²) in [4.78, 5) is 0. The molecule has 35 heavy (non-hydrogen) atoms. The topological polar surface area (TPSA) is 0 Å². The number of rotatable bonds is 24. The molecule has 0 saturated heterocycles. The Hall–Kier alpha value is 0.137. The normalized spacial score (nSPS) is 11.7. The number of hydrogen-bond donors (Lipinski definition) is 0. The van der Waals surface area contributed by atoms with E-state index in [1.807, 2.05) is 0 Å². The highest BCUT2D eigenvalue weighted by Gasteiger charge is 2.25. The summed E-state index contributed by atoms with van der Waals surface area (Å²) in [6.07, 6.45) is 22.1. The smallest absolute Gasteiger partial charge is 0.0786 e. The Morgan fingerprint density at radius 3 is 0.457 bits per heavy atom. The van der Waals surface area contributed by atoms with E-state index >= 15 is 0 Å². The average molecular weight is 517 g/mol. The van der Waals surface area contributed by atoms with Crippen LogP contribution in [0.15, 0.2) is 0 Å². The molecule has 0 amide bonds. The van der Waals surface area contributed by atoms with Crippen LogP contribution in [0.1, 0.15) is 158 Å². The van der Waals surface area contributed by atoms with Gasteiger partial charge in [-0.2, -0.15) is 0 Å². The third-order valence-corrected chi connectivity index (χ3v) is 7.89. The molecule has 0 rings (SSSR count). The predicted octanol–water partition coefficient (Wildman–Crippen LogP) is 8.56. The molecule has 0 aromatic rings. The molecule has 0 aromatic heterocycles. The van der Waals surface area contributed by atoms with Gasteiger partial charge in [-0.15, -0.1) is 0 Å². The lowest BCUT2D eigenvalue weighted by molar-refractivity contribution is -0.929. The first-order chi connectivity index (χ1) is 16.5. The van der Waals surface area contributed by atoms with E-state index in [0.29, 0.717) is 0 Å². The van der Waals surface area contributed by atoms with Crippen LogP contribution < -0.4 is 0 Å². The lowest BCUT2D eigenvalue weighted by Gasteiger charge is -2.39. The molecule has 0 fully saturated rings. The fourth-order valence-corrected chi connectivity index (χ4v) is 5.29. The average Bonchev–Trinajstić information content (AvgIpc) is 2.87. The van der Waals surface area contributed by atoms with Gasteiger partial charge < -0.3 is 8.97 Å². The molecule has 0 aliphatic heterocycles. The van der Waals surface area contributed by atoms with Gasteiger partial charge in [0.15, 0.2) is 0 Å². The fourth-order valence-electron chi connectivity index (χ4n) is 5.29. The van der Waals surface area contributed by atoms with Crippen LogP contribution in [0.3, 0.4) is 0 Å². The van der Waals surface area contributed by atoms with Crippen LogP contribution >= 0.6 is 0 Å². The molecule has 0 aliphatic carbocycles. The van der Waals surface area contributed by atoms with Crippen molar-refractivity contribution in [3.63, 3.8) is 0 Å². The lowest BCUT2D eigenvalue weighted by atomic mass is 10.1. The summed E-state index contributed by atoms with van der Waals surface area (Å²) in [6.45, 7) is 30.0. The minimum Gasteiger partial charge on any atom is -0.324 e. The van der Waals surface area contributed by atoms with Gasteiger partial charge in [0.1, 0.15) is 0 Å². The molecule has 0 N–H and O–H groups in total. The van der Waals surface area contributed by atoms with E-state index in [0.717, 1.165) is 0 Å². The second-order valence-electron chi connectivity index (χ2n) is 11.3. The SMILES string of the molecule is CCCC[N+](CCCC)(CCCC)CCCC.CCCC[N+](CCCC)(CCCC)CCCC.[SiH4]. The zero-order valence-electron chi connectivity index (χ0n) is 25.9. The molecule has 0 bridgehead atoms. The van der Waals surface area contributed by atoms with Gasteiger partial charge in [-0.25, -0.2) is 0 Å². The van der Waals surface area contributed by atoms with Crippen LogP contribution in [0.25, 0.3) is 0 Å². The molecule has 0 radical (unpaired) electrons. The molecule has 0 unspecified atom stereocenters. The van der Waals surface area contributed by atoms with E-state index in [1.54, 1.807) is 0 Å². The highest BCUT2D eigenvalue weighted by molar-refractivity contribution is 5.75. The number of quaternary nitrogens is 2. The van der Waals surface area contributed by atoms with Crippen molar-refractivity contribution in [3.05, 3.63) is 0 Å². The van der Waals surface area contributed by atoms with E-state index in [-0.39, 0.29) is 11.0 Å². The molecule has 0 saturated carbocycles. The molecular weight excluding hydrogens is 440 g/mol. The highest BCUT2D eigenvalue weighted by Crippen LogP contribution is 2.17. The Labute approximate surface area is 230 Å². The van der Waals surface area contributed by atoms with Crippen molar-refractivity contribution in [2.24, 2.45) is 0 Å². The third-order valence-electron chi connectivity index (χ3n) is 7.89. The molecule has 216 valence electrons. The lowest BCUT2D eigenvalue weighted by Crippen LogP contribution is -2.50. The summed E-state index contributed by atoms with van der Waals surface area (Å²) in [7, 11) is 0. The first-order valence-electron chi connectivity index (χ1n) is 16.2. The standard InChI is InChI=1S/2C16H36N.H4Si/c2*1-5-9-13-17(14-10-6-2,15-11-7-3)16-12-8-4;/h2*5-16H2,1-4H3;1H4/q2*+1;. The van der Waals surface area contributed by atoms with Gasteiger partial charge in [0.05, 0.1) is 52.4 Å². The van der Waals surface area contributed by atoms with Crippen molar-refractivity contribution in [1.29, 1.82) is 0 Å². The van der Waals surface area contributed by atoms with Crippen molar-refractivity contribution >= 4 is 11.0 Å². The Kier molecular flexibility index (Phi) is 32.5. The first kappa shape index (κ1) is 39.6. The molecule has 0 aromatic carbocycles. The second-order valence-corrected chi connectivity index (χ2v) is 11.3. The van der Waals surface area contributed by atoms with Crippen LogP contribution in [0.2, 0.25) is 0 Å². The monoisotopic (exact) mass is 517 g/mol. The quantitative estimate of drug-likeness (QED) is 0.0890. The van der Waals surface area contributed by atoms with E-state index in [9.17, 15) is 0 Å². The van der Waals surface area contributed by atoms with Gasteiger partial charge in [-0.05, 0) is 62.3 Å². The van der Waals surface area contributed by atoms with E-state index in [4.69, 9.17) is 0 Å². The van der Waals surface area contributed by atoms with Crippen LogP contribution in [-0.4, -0.2) is 72.3 Å². The summed E-state index contributed by atoms with van der Waals surface area (Å²) in [5.41, 5.74) is 0. The van der Waals surface area contributed by atoms with Crippen molar-refractivity contribution in [2.45, 2.75) is 158 Å². The number of unbranched alkanes of at least 4 members (excludes halogenated alkanes) is 8. The highest BCUT2D eigenvalue weighted by atomic mass is 28.1. The molecule has 0 heterocycles. The maximum Gasteiger partial charge on any atom is 0.0786 e. The van der Waals surface area contributed by atoms with Crippen molar-refractivity contribution < 1.29 is 8.97 Å². The minimum atomic E-state index is 0. The van der Waals surface area contributed by atoms with Crippen LogP contribution in [0.5, 0.6) is 0 Å². The molecular formula is C32H76N2Si+2. The maximum atomic E-state index is 2.33. The number of hydrogen-bond acceptors (Lipinski definition) is 0. The van der Waals surface area contributed by atoms with E-state index in [1.165, 1.54) is 164 Å². The van der Waals surface area contributed by atoms with Gasteiger partial charge in [0.25, 0.3) is 0 Å². The van der Waals surface area contributed by atoms with E-state index in [2.05, 4.69) is 55.4 Å². The van der Waals surface area contributed by atoms with E-state index < -0.39 is 0 Å². The van der Waals surface area contributed by atoms with Gasteiger partial charge in [-0.1, -0.05) is 107 Å². The van der Waals surface area contributed by atoms with Crippen molar-refractivity contribution in [3.8, 4) is 0 Å². The van der Waals surface area contributed by atoms with Gasteiger partial charge in [0, 0.05) is 0 Å². The Bertz CT molecular complexity index is 275. The number of nitrogens with zero attached hydrogens (tertiary/aromatic N) is 2. The first-order valence-corrected chi connectivity index (χ1v) is 16.2. The van der Waals surface area contributed by atoms with Gasteiger partial charge in [-0.3, -0.25) is 0 Å². The Balaban J connectivity index is -0.000000569. The van der Waals surface area contributed by atoms with Crippen LogP contribution in [0.4, 0.5) is 0 Å². The Morgan fingerprint density at radius 2 is 0.371 bits per heavy atom. The zero-order valence-corrected chi connectivity index (χ0v) is 25.9. The largest absolute Gasteiger partial charge is 0.324 e.